The number of nitro benzene ring substituents is 1. The molecule has 0 radical (unpaired) electrons. The maximum absolute atomic E-state index is 13.2. The van der Waals surface area contributed by atoms with Gasteiger partial charge in [-0.15, -0.1) is 0 Å². The van der Waals surface area contributed by atoms with Crippen molar-refractivity contribution in [3.8, 4) is 0 Å². The number of aryl methyl sites for hydroxylation is 1. The summed E-state index contributed by atoms with van der Waals surface area (Å²) in [7, 11) is 0. The lowest BCUT2D eigenvalue weighted by atomic mass is 10.0. The van der Waals surface area contributed by atoms with Gasteiger partial charge in [-0.2, -0.15) is 4.39 Å². The summed E-state index contributed by atoms with van der Waals surface area (Å²) in [5.74, 6) is -1.39. The van der Waals surface area contributed by atoms with Crippen molar-refractivity contribution < 1.29 is 18.8 Å². The number of halogens is 1. The SMILES string of the molecule is CCOC(=O)Cc1cc([N+](=O)[O-])c(F)cc1C. The highest BCUT2D eigenvalue weighted by Gasteiger charge is 2.18. The van der Waals surface area contributed by atoms with Gasteiger partial charge in [0.15, 0.2) is 0 Å². The number of nitrogens with zero attached hydrogens (tertiary/aromatic N) is 1. The Hall–Kier alpha value is -1.98. The zero-order valence-electron chi connectivity index (χ0n) is 9.53. The van der Waals surface area contributed by atoms with Gasteiger partial charge in [-0.3, -0.25) is 14.9 Å². The number of hydrogen-bond acceptors (Lipinski definition) is 4. The van der Waals surface area contributed by atoms with Crippen LogP contribution in [0.5, 0.6) is 0 Å². The van der Waals surface area contributed by atoms with Crippen molar-refractivity contribution in [3.05, 3.63) is 39.2 Å². The van der Waals surface area contributed by atoms with Crippen molar-refractivity contribution in [2.24, 2.45) is 0 Å². The Morgan fingerprint density at radius 2 is 2.18 bits per heavy atom. The van der Waals surface area contributed by atoms with Crippen LogP contribution in [0.3, 0.4) is 0 Å². The molecule has 6 heteroatoms. The molecule has 0 aliphatic carbocycles. The number of benzene rings is 1. The van der Waals surface area contributed by atoms with Crippen LogP contribution in [-0.2, 0) is 16.0 Å². The van der Waals surface area contributed by atoms with Gasteiger partial charge >= 0.3 is 11.7 Å². The molecule has 0 unspecified atom stereocenters. The molecule has 0 N–H and O–H groups in total. The van der Waals surface area contributed by atoms with Gasteiger partial charge in [0.25, 0.3) is 0 Å². The highest BCUT2D eigenvalue weighted by Crippen LogP contribution is 2.22. The monoisotopic (exact) mass is 241 g/mol. The number of ether oxygens (including phenoxy) is 1. The third kappa shape index (κ3) is 3.24. The molecule has 0 bridgehead atoms. The molecule has 0 fully saturated rings. The summed E-state index contributed by atoms with van der Waals surface area (Å²) < 4.78 is 17.9. The van der Waals surface area contributed by atoms with Gasteiger partial charge in [-0.1, -0.05) is 0 Å². The van der Waals surface area contributed by atoms with Gasteiger partial charge in [0.1, 0.15) is 0 Å². The van der Waals surface area contributed by atoms with E-state index in [9.17, 15) is 19.3 Å². The van der Waals surface area contributed by atoms with Crippen LogP contribution in [0.25, 0.3) is 0 Å². The predicted octanol–water partition coefficient (Wildman–Crippen LogP) is 2.15. The van der Waals surface area contributed by atoms with E-state index in [2.05, 4.69) is 0 Å². The van der Waals surface area contributed by atoms with Crippen molar-refractivity contribution in [2.45, 2.75) is 20.3 Å². The summed E-state index contributed by atoms with van der Waals surface area (Å²) in [6.07, 6.45) is -0.0964. The summed E-state index contributed by atoms with van der Waals surface area (Å²) in [5, 5.41) is 10.5. The topological polar surface area (TPSA) is 69.4 Å². The van der Waals surface area contributed by atoms with Crippen molar-refractivity contribution in [2.75, 3.05) is 6.61 Å². The number of nitro groups is 1. The van der Waals surface area contributed by atoms with Crippen LogP contribution in [0.1, 0.15) is 18.1 Å². The lowest BCUT2D eigenvalue weighted by Crippen LogP contribution is -2.09. The minimum absolute atomic E-state index is 0.0964. The summed E-state index contributed by atoms with van der Waals surface area (Å²) in [5.41, 5.74) is 0.257. The predicted molar refractivity (Wildman–Crippen MR) is 58.1 cm³/mol. The summed E-state index contributed by atoms with van der Waals surface area (Å²) in [6, 6.07) is 2.12. The lowest BCUT2D eigenvalue weighted by molar-refractivity contribution is -0.387. The quantitative estimate of drug-likeness (QED) is 0.460. The molecular weight excluding hydrogens is 229 g/mol. The van der Waals surface area contributed by atoms with Crippen LogP contribution in [0, 0.1) is 22.9 Å². The fourth-order valence-corrected chi connectivity index (χ4v) is 1.40. The molecule has 5 nitrogen and oxygen atoms in total. The maximum atomic E-state index is 13.2. The molecule has 17 heavy (non-hydrogen) atoms. The Kier molecular flexibility index (Phi) is 4.14. The van der Waals surface area contributed by atoms with E-state index < -0.39 is 22.4 Å². The molecule has 0 heterocycles. The summed E-state index contributed by atoms with van der Waals surface area (Å²) >= 11 is 0. The summed E-state index contributed by atoms with van der Waals surface area (Å²) in [4.78, 5) is 21.0. The largest absolute Gasteiger partial charge is 0.466 e. The lowest BCUT2D eigenvalue weighted by Gasteiger charge is -2.06. The first-order chi connectivity index (χ1) is 7.95. The van der Waals surface area contributed by atoms with E-state index in [0.29, 0.717) is 11.1 Å². The Morgan fingerprint density at radius 1 is 1.53 bits per heavy atom. The van der Waals surface area contributed by atoms with Crippen molar-refractivity contribution in [1.29, 1.82) is 0 Å². The zero-order chi connectivity index (χ0) is 13.0. The van der Waals surface area contributed by atoms with Gasteiger partial charge in [0.2, 0.25) is 5.82 Å². The van der Waals surface area contributed by atoms with Gasteiger partial charge in [-0.25, -0.2) is 0 Å². The molecule has 0 aliphatic rings. The number of rotatable bonds is 4. The third-order valence-electron chi connectivity index (χ3n) is 2.24. The molecule has 0 saturated carbocycles. The third-order valence-corrected chi connectivity index (χ3v) is 2.24. The van der Waals surface area contributed by atoms with Gasteiger partial charge < -0.3 is 4.74 Å². The number of hydrogen-bond donors (Lipinski definition) is 0. The van der Waals surface area contributed by atoms with E-state index in [4.69, 9.17) is 4.74 Å². The van der Waals surface area contributed by atoms with Gasteiger partial charge in [0.05, 0.1) is 18.0 Å². The van der Waals surface area contributed by atoms with Crippen LogP contribution >= 0.6 is 0 Å². The normalized spacial score (nSPS) is 10.1. The molecule has 0 aliphatic heterocycles. The second-order valence-electron chi connectivity index (χ2n) is 3.47. The molecule has 0 amide bonds. The molecule has 1 aromatic rings. The molecular formula is C11H12FNO4. The average Bonchev–Trinajstić information content (AvgIpc) is 2.21. The second kappa shape index (κ2) is 5.38. The van der Waals surface area contributed by atoms with E-state index in [1.807, 2.05) is 0 Å². The van der Waals surface area contributed by atoms with Crippen LogP contribution in [0.2, 0.25) is 0 Å². The molecule has 1 rings (SSSR count). The van der Waals surface area contributed by atoms with E-state index in [1.165, 1.54) is 0 Å². The standard InChI is InChI=1S/C11H12FNO4/c1-3-17-11(14)6-8-5-10(13(15)16)9(12)4-7(8)2/h4-5H,3,6H2,1-2H3. The molecule has 1 aromatic carbocycles. The van der Waals surface area contributed by atoms with E-state index >= 15 is 0 Å². The Balaban J connectivity index is 3.03. The second-order valence-corrected chi connectivity index (χ2v) is 3.47. The number of esters is 1. The maximum Gasteiger partial charge on any atom is 0.310 e. The van der Waals surface area contributed by atoms with Crippen molar-refractivity contribution in [3.63, 3.8) is 0 Å². The van der Waals surface area contributed by atoms with E-state index in [0.717, 1.165) is 12.1 Å². The molecule has 0 spiro atoms. The average molecular weight is 241 g/mol. The fourth-order valence-electron chi connectivity index (χ4n) is 1.40. The highest BCUT2D eigenvalue weighted by molar-refractivity contribution is 5.73. The van der Waals surface area contributed by atoms with E-state index in [-0.39, 0.29) is 13.0 Å². The molecule has 0 atom stereocenters. The first kappa shape index (κ1) is 13.1. The van der Waals surface area contributed by atoms with E-state index in [1.54, 1.807) is 13.8 Å². The minimum Gasteiger partial charge on any atom is -0.466 e. The molecule has 0 saturated heterocycles. The van der Waals surface area contributed by atoms with Crippen LogP contribution in [0.15, 0.2) is 12.1 Å². The zero-order valence-corrected chi connectivity index (χ0v) is 9.53. The van der Waals surface area contributed by atoms with Crippen molar-refractivity contribution >= 4 is 11.7 Å². The Labute approximate surface area is 97.3 Å². The summed E-state index contributed by atoms with van der Waals surface area (Å²) in [6.45, 7) is 3.49. The highest BCUT2D eigenvalue weighted by atomic mass is 19.1. The first-order valence-electron chi connectivity index (χ1n) is 5.04. The Morgan fingerprint density at radius 3 is 2.71 bits per heavy atom. The van der Waals surface area contributed by atoms with Gasteiger partial charge in [0, 0.05) is 6.07 Å². The number of carbonyl (C=O) groups excluding carboxylic acids is 1. The van der Waals surface area contributed by atoms with Crippen LogP contribution < -0.4 is 0 Å². The number of carbonyl (C=O) groups is 1. The van der Waals surface area contributed by atoms with Crippen molar-refractivity contribution in [1.82, 2.24) is 0 Å². The Bertz CT molecular complexity index is 459. The van der Waals surface area contributed by atoms with Gasteiger partial charge in [-0.05, 0) is 31.0 Å². The van der Waals surface area contributed by atoms with Crippen LogP contribution in [-0.4, -0.2) is 17.5 Å². The first-order valence-corrected chi connectivity index (χ1v) is 5.04. The molecule has 0 aromatic heterocycles. The fraction of sp³-hybridized carbons (Fsp3) is 0.364. The minimum atomic E-state index is -0.903. The smallest absolute Gasteiger partial charge is 0.310 e. The molecule has 92 valence electrons. The van der Waals surface area contributed by atoms with Crippen LogP contribution in [0.4, 0.5) is 10.1 Å².